The Morgan fingerprint density at radius 3 is 2.38 bits per heavy atom. The van der Waals surface area contributed by atoms with Gasteiger partial charge in [0.25, 0.3) is 0 Å². The quantitative estimate of drug-likeness (QED) is 0.0400. The summed E-state index contributed by atoms with van der Waals surface area (Å²) in [5, 5.41) is 28.1. The van der Waals surface area contributed by atoms with Gasteiger partial charge in [-0.3, -0.25) is 4.79 Å². The van der Waals surface area contributed by atoms with Crippen molar-refractivity contribution in [3.8, 4) is 11.5 Å². The van der Waals surface area contributed by atoms with Crippen LogP contribution in [0.2, 0.25) is 0 Å². The number of ether oxygens (including phenoxy) is 2. The second kappa shape index (κ2) is 20.0. The Hall–Kier alpha value is -5.16. The maximum Gasteiger partial charge on any atom is 0.408 e. The van der Waals surface area contributed by atoms with Gasteiger partial charge in [-0.2, -0.15) is 0 Å². The standard InChI is InChI=1S/C48H58N4O6/c53-42-23-21-40(41-22-24-45(55)50-47(41)42)43(54)33-49-27-10-2-1-3-11-31-57-39-20-12-19-38(32-39)46(37-17-8-5-9-18-37)51-48(56)58-44-34-52(29-25-36(44)26-30-52)28-13-16-35-14-6-4-7-15-35/h4-9,12,14-15,17-24,32,36,43-44,46,49,54H,1-3,10-11,13,16,25-31,33-34H2,(H2-,50,51,53,55,56)/p+1/t36?,43?,44-,46?,52?/m0/s1. The molecule has 4 heterocycles. The fourth-order valence-corrected chi connectivity index (χ4v) is 8.98. The number of aryl methyl sites for hydroxylation is 1. The van der Waals surface area contributed by atoms with Crippen LogP contribution in [-0.4, -0.2) is 77.8 Å². The van der Waals surface area contributed by atoms with Crippen LogP contribution < -0.4 is 20.9 Å². The number of alkyl carbamates (subject to hydrolysis) is 1. The molecule has 1 amide bonds. The Labute approximate surface area is 341 Å². The van der Waals surface area contributed by atoms with E-state index in [9.17, 15) is 19.8 Å². The third-order valence-electron chi connectivity index (χ3n) is 12.2. The molecule has 3 saturated heterocycles. The summed E-state index contributed by atoms with van der Waals surface area (Å²) in [6.45, 7) is 6.16. The smallest absolute Gasteiger partial charge is 0.408 e. The highest BCUT2D eigenvalue weighted by Crippen LogP contribution is 2.36. The number of hydrogen-bond donors (Lipinski definition) is 5. The minimum atomic E-state index is -0.762. The van der Waals surface area contributed by atoms with E-state index in [1.165, 1.54) is 30.8 Å². The number of nitrogens with one attached hydrogen (secondary N) is 3. The van der Waals surface area contributed by atoms with E-state index in [0.717, 1.165) is 98.8 Å². The zero-order valence-corrected chi connectivity index (χ0v) is 33.5. The SMILES string of the molecule is O=C(NC(c1ccccc1)c1cccc(OCCCCCCCNCC(O)c2ccc(O)c3[nH]c(=O)ccc23)c1)O[C@H]1C[N+]2(CCCc3ccccc3)CCC1CC2. The number of unbranched alkanes of at least 4 members (excludes halogenated alkanes) is 4. The summed E-state index contributed by atoms with van der Waals surface area (Å²) in [6, 6.07) is 34.6. The average Bonchev–Trinajstić information content (AvgIpc) is 3.25. The minimum Gasteiger partial charge on any atom is -0.506 e. The molecule has 8 rings (SSSR count). The average molecular weight is 788 g/mol. The predicted octanol–water partition coefficient (Wildman–Crippen LogP) is 7.94. The summed E-state index contributed by atoms with van der Waals surface area (Å²) in [5.41, 5.74) is 4.03. The van der Waals surface area contributed by atoms with Crippen LogP contribution in [0.5, 0.6) is 11.5 Å². The number of piperidine rings is 3. The third-order valence-corrected chi connectivity index (χ3v) is 12.2. The van der Waals surface area contributed by atoms with Gasteiger partial charge in [0.1, 0.15) is 18.0 Å². The number of fused-ring (bicyclic) bond motifs is 4. The first-order chi connectivity index (χ1) is 28.4. The molecule has 1 aromatic heterocycles. The van der Waals surface area contributed by atoms with Gasteiger partial charge in [-0.15, -0.1) is 0 Å². The van der Waals surface area contributed by atoms with Gasteiger partial charge in [0, 0.05) is 43.2 Å². The van der Waals surface area contributed by atoms with Gasteiger partial charge in [-0.1, -0.05) is 98.1 Å². The molecule has 10 heteroatoms. The maximum atomic E-state index is 13.6. The molecule has 0 radical (unpaired) electrons. The number of aromatic amines is 1. The summed E-state index contributed by atoms with van der Waals surface area (Å²) in [4.78, 5) is 28.0. The number of quaternary nitrogens is 1. The van der Waals surface area contributed by atoms with E-state index in [-0.39, 0.29) is 29.5 Å². The van der Waals surface area contributed by atoms with E-state index in [1.807, 2.05) is 54.6 Å². The summed E-state index contributed by atoms with van der Waals surface area (Å²) < 4.78 is 13.5. The molecular weight excluding hydrogens is 729 g/mol. The van der Waals surface area contributed by atoms with Gasteiger partial charge in [0.05, 0.1) is 43.9 Å². The fourth-order valence-electron chi connectivity index (χ4n) is 8.98. The number of amides is 1. The van der Waals surface area contributed by atoms with Crippen LogP contribution in [0.4, 0.5) is 4.79 Å². The molecule has 0 saturated carbocycles. The zero-order chi connectivity index (χ0) is 40.2. The Kier molecular flexibility index (Phi) is 14.1. The van der Waals surface area contributed by atoms with Crippen molar-refractivity contribution in [3.05, 3.63) is 142 Å². The van der Waals surface area contributed by atoms with Crippen molar-refractivity contribution < 1.29 is 29.0 Å². The highest BCUT2D eigenvalue weighted by atomic mass is 16.6. The van der Waals surface area contributed by atoms with Crippen LogP contribution in [0.25, 0.3) is 10.9 Å². The molecule has 0 spiro atoms. The third kappa shape index (κ3) is 10.9. The zero-order valence-electron chi connectivity index (χ0n) is 33.5. The molecule has 58 heavy (non-hydrogen) atoms. The van der Waals surface area contributed by atoms with E-state index in [4.69, 9.17) is 9.47 Å². The molecule has 0 aliphatic carbocycles. The van der Waals surface area contributed by atoms with Gasteiger partial charge in [0.15, 0.2) is 6.10 Å². The molecule has 4 aromatic carbocycles. The lowest BCUT2D eigenvalue weighted by atomic mass is 9.83. The summed E-state index contributed by atoms with van der Waals surface area (Å²) in [5.74, 6) is 1.19. The number of aliphatic hydroxyl groups is 1. The molecule has 3 aliphatic rings. The summed E-state index contributed by atoms with van der Waals surface area (Å²) in [6.07, 6.45) is 8.39. The van der Waals surface area contributed by atoms with Crippen molar-refractivity contribution in [1.82, 2.24) is 15.6 Å². The molecular formula is C48H59N4O6+. The van der Waals surface area contributed by atoms with Crippen LogP contribution in [0.3, 0.4) is 0 Å². The molecule has 5 N–H and O–H groups in total. The maximum absolute atomic E-state index is 13.6. The Morgan fingerprint density at radius 1 is 0.828 bits per heavy atom. The molecule has 3 fully saturated rings. The number of aromatic hydroxyl groups is 1. The number of rotatable bonds is 20. The van der Waals surface area contributed by atoms with Crippen molar-refractivity contribution in [1.29, 1.82) is 0 Å². The number of phenolic OH excluding ortho intramolecular Hbond substituents is 1. The first kappa shape index (κ1) is 41.0. The second-order valence-electron chi connectivity index (χ2n) is 16.2. The predicted molar refractivity (Wildman–Crippen MR) is 228 cm³/mol. The van der Waals surface area contributed by atoms with Crippen molar-refractivity contribution in [3.63, 3.8) is 0 Å². The van der Waals surface area contributed by atoms with E-state index >= 15 is 0 Å². The molecule has 3 aliphatic heterocycles. The van der Waals surface area contributed by atoms with Crippen molar-refractivity contribution >= 4 is 17.0 Å². The lowest BCUT2D eigenvalue weighted by molar-refractivity contribution is -0.946. The van der Waals surface area contributed by atoms with E-state index < -0.39 is 6.10 Å². The molecule has 5 aromatic rings. The number of hydrogen-bond acceptors (Lipinski definition) is 7. The number of aromatic nitrogens is 1. The van der Waals surface area contributed by atoms with Crippen molar-refractivity contribution in [2.75, 3.05) is 45.9 Å². The van der Waals surface area contributed by atoms with Crippen LogP contribution in [0.15, 0.2) is 114 Å². The summed E-state index contributed by atoms with van der Waals surface area (Å²) in [7, 11) is 0. The molecule has 2 bridgehead atoms. The number of carbonyl (C=O) groups is 1. The fraction of sp³-hybridized carbons (Fsp3) is 0.417. The number of carbonyl (C=O) groups excluding carboxylic acids is 1. The lowest BCUT2D eigenvalue weighted by Crippen LogP contribution is -2.65. The Bertz CT molecular complexity index is 2120. The number of aliphatic hydroxyl groups excluding tert-OH is 1. The van der Waals surface area contributed by atoms with Gasteiger partial charge in [-0.05, 0) is 72.3 Å². The number of phenols is 1. The second-order valence-corrected chi connectivity index (χ2v) is 16.2. The number of pyridine rings is 1. The van der Waals surface area contributed by atoms with Crippen LogP contribution in [0, 0.1) is 5.92 Å². The van der Waals surface area contributed by atoms with Crippen LogP contribution in [-0.2, 0) is 11.2 Å². The molecule has 3 atom stereocenters. The Morgan fingerprint density at radius 2 is 1.57 bits per heavy atom. The molecule has 10 nitrogen and oxygen atoms in total. The van der Waals surface area contributed by atoms with E-state index in [0.29, 0.717) is 35.5 Å². The summed E-state index contributed by atoms with van der Waals surface area (Å²) >= 11 is 0. The molecule has 2 unspecified atom stereocenters. The van der Waals surface area contributed by atoms with Crippen LogP contribution in [0.1, 0.15) is 85.8 Å². The van der Waals surface area contributed by atoms with Gasteiger partial charge >= 0.3 is 6.09 Å². The van der Waals surface area contributed by atoms with Crippen molar-refractivity contribution in [2.24, 2.45) is 5.92 Å². The lowest BCUT2D eigenvalue weighted by Gasteiger charge is -2.52. The Balaban J connectivity index is 0.832. The number of benzene rings is 4. The largest absolute Gasteiger partial charge is 0.506 e. The first-order valence-corrected chi connectivity index (χ1v) is 21.2. The van der Waals surface area contributed by atoms with E-state index in [1.54, 1.807) is 12.1 Å². The van der Waals surface area contributed by atoms with Crippen LogP contribution >= 0.6 is 0 Å². The number of H-pyrrole nitrogens is 1. The highest BCUT2D eigenvalue weighted by molar-refractivity contribution is 5.87. The topological polar surface area (TPSA) is 133 Å². The first-order valence-electron chi connectivity index (χ1n) is 21.2. The van der Waals surface area contributed by atoms with E-state index in [2.05, 4.69) is 45.9 Å². The highest BCUT2D eigenvalue weighted by Gasteiger charge is 2.47. The van der Waals surface area contributed by atoms with Gasteiger partial charge in [-0.25, -0.2) is 4.79 Å². The van der Waals surface area contributed by atoms with Gasteiger partial charge < -0.3 is 39.8 Å². The van der Waals surface area contributed by atoms with Gasteiger partial charge in [0.2, 0.25) is 5.56 Å². The monoisotopic (exact) mass is 787 g/mol. The number of nitrogens with zero attached hydrogens (tertiary/aromatic N) is 1. The normalized spacial score (nSPS) is 19.7. The minimum absolute atomic E-state index is 0.0160. The molecule has 306 valence electrons. The van der Waals surface area contributed by atoms with Crippen molar-refractivity contribution in [2.45, 2.75) is 76.0 Å².